The zero-order chi connectivity index (χ0) is 13.1. The van der Waals surface area contributed by atoms with Crippen LogP contribution in [0.5, 0.6) is 0 Å². The van der Waals surface area contributed by atoms with Crippen molar-refractivity contribution in [2.24, 2.45) is 0 Å². The van der Waals surface area contributed by atoms with Gasteiger partial charge in [0.1, 0.15) is 6.04 Å². The van der Waals surface area contributed by atoms with Crippen LogP contribution in [0.25, 0.3) is 0 Å². The van der Waals surface area contributed by atoms with Crippen LogP contribution in [0.15, 0.2) is 24.3 Å². The first kappa shape index (κ1) is 13.1. The summed E-state index contributed by atoms with van der Waals surface area (Å²) < 4.78 is 0. The second kappa shape index (κ2) is 5.50. The van der Waals surface area contributed by atoms with Crippen molar-refractivity contribution in [3.05, 3.63) is 29.8 Å². The van der Waals surface area contributed by atoms with Gasteiger partial charge in [-0.3, -0.25) is 4.79 Å². The molecule has 0 spiro atoms. The number of carbonyl (C=O) groups is 1. The monoisotopic (exact) mass is 248 g/mol. The van der Waals surface area contributed by atoms with Crippen LogP contribution in [0.2, 0.25) is 0 Å². The minimum atomic E-state index is -0.498. The van der Waals surface area contributed by atoms with Crippen molar-refractivity contribution < 1.29 is 9.90 Å². The van der Waals surface area contributed by atoms with Crippen LogP contribution in [0.3, 0.4) is 0 Å². The molecule has 2 atom stereocenters. The molecule has 1 fully saturated rings. The molecule has 0 aliphatic carbocycles. The summed E-state index contributed by atoms with van der Waals surface area (Å²) in [5, 5.41) is 12.5. The molecule has 2 N–H and O–H groups in total. The molecule has 18 heavy (non-hydrogen) atoms. The number of hydrogen-bond donors (Lipinski definition) is 2. The molecule has 1 aliphatic rings. The van der Waals surface area contributed by atoms with Crippen molar-refractivity contribution in [1.82, 2.24) is 5.32 Å². The van der Waals surface area contributed by atoms with Crippen LogP contribution in [0, 0.1) is 6.92 Å². The lowest BCUT2D eigenvalue weighted by Gasteiger charge is -2.25. The predicted octanol–water partition coefficient (Wildman–Crippen LogP) is 1.07. The Bertz CT molecular complexity index is 434. The number of rotatable bonds is 2. The van der Waals surface area contributed by atoms with Crippen LogP contribution in [0.4, 0.5) is 5.69 Å². The van der Waals surface area contributed by atoms with Crippen molar-refractivity contribution in [3.63, 3.8) is 0 Å². The molecule has 4 heteroatoms. The Morgan fingerprint density at radius 3 is 2.83 bits per heavy atom. The average molecular weight is 248 g/mol. The molecule has 0 radical (unpaired) electrons. The average Bonchev–Trinajstić information content (AvgIpc) is 2.50. The number of anilines is 1. The largest absolute Gasteiger partial charge is 0.394 e. The number of aryl methyl sites for hydroxylation is 1. The van der Waals surface area contributed by atoms with Gasteiger partial charge in [-0.2, -0.15) is 0 Å². The Hall–Kier alpha value is -1.39. The summed E-state index contributed by atoms with van der Waals surface area (Å²) in [4.78, 5) is 14.2. The van der Waals surface area contributed by atoms with Gasteiger partial charge in [-0.05, 0) is 31.9 Å². The molecule has 2 rings (SSSR count). The molecule has 4 nitrogen and oxygen atoms in total. The van der Waals surface area contributed by atoms with Crippen molar-refractivity contribution in [2.75, 3.05) is 18.1 Å². The number of nitrogens with zero attached hydrogens (tertiary/aromatic N) is 1. The number of carbonyl (C=O) groups excluding carboxylic acids is 1. The smallest absolute Gasteiger partial charge is 0.246 e. The first-order valence-corrected chi connectivity index (χ1v) is 6.37. The van der Waals surface area contributed by atoms with Crippen LogP contribution in [-0.2, 0) is 4.79 Å². The fourth-order valence-electron chi connectivity index (χ4n) is 2.36. The Morgan fingerprint density at radius 2 is 2.17 bits per heavy atom. The molecule has 2 unspecified atom stereocenters. The second-order valence-electron chi connectivity index (χ2n) is 4.87. The molecule has 0 aromatic heterocycles. The molecule has 1 amide bonds. The summed E-state index contributed by atoms with van der Waals surface area (Å²) in [6.45, 7) is 4.56. The third-order valence-electron chi connectivity index (χ3n) is 3.42. The zero-order valence-electron chi connectivity index (χ0n) is 10.9. The normalized spacial score (nSPS) is 25.1. The summed E-state index contributed by atoms with van der Waals surface area (Å²) in [7, 11) is 0. The molecular formula is C14H20N2O2. The molecule has 1 aromatic rings. The molecule has 1 aromatic carbocycles. The molecular weight excluding hydrogens is 228 g/mol. The summed E-state index contributed by atoms with van der Waals surface area (Å²) in [5.41, 5.74) is 2.02. The van der Waals surface area contributed by atoms with Gasteiger partial charge in [-0.1, -0.05) is 18.2 Å². The number of amides is 1. The van der Waals surface area contributed by atoms with Crippen LogP contribution < -0.4 is 10.2 Å². The molecule has 98 valence electrons. The third kappa shape index (κ3) is 2.54. The highest BCUT2D eigenvalue weighted by Crippen LogP contribution is 2.22. The summed E-state index contributed by atoms with van der Waals surface area (Å²) >= 11 is 0. The predicted molar refractivity (Wildman–Crippen MR) is 71.6 cm³/mol. The molecule has 1 saturated heterocycles. The maximum absolute atomic E-state index is 12.4. The quantitative estimate of drug-likeness (QED) is 0.823. The van der Waals surface area contributed by atoms with E-state index in [2.05, 4.69) is 5.32 Å². The number of aliphatic hydroxyl groups excluding tert-OH is 1. The topological polar surface area (TPSA) is 52.6 Å². The number of hydrogen-bond acceptors (Lipinski definition) is 3. The number of aliphatic hydroxyl groups is 1. The standard InChI is InChI=1S/C14H20N2O2/c1-10-5-3-4-6-13(10)16-8-7-11(2)15-12(9-17)14(16)18/h3-6,11-12,15,17H,7-9H2,1-2H3. The van der Waals surface area contributed by atoms with Crippen molar-refractivity contribution in [2.45, 2.75) is 32.4 Å². The van der Waals surface area contributed by atoms with Gasteiger partial charge in [0.05, 0.1) is 6.61 Å². The lowest BCUT2D eigenvalue weighted by Crippen LogP contribution is -2.47. The van der Waals surface area contributed by atoms with Gasteiger partial charge < -0.3 is 15.3 Å². The van der Waals surface area contributed by atoms with E-state index in [4.69, 9.17) is 0 Å². The fraction of sp³-hybridized carbons (Fsp3) is 0.500. The lowest BCUT2D eigenvalue weighted by molar-refractivity contribution is -0.121. The highest BCUT2D eigenvalue weighted by atomic mass is 16.3. The zero-order valence-corrected chi connectivity index (χ0v) is 10.9. The fourth-order valence-corrected chi connectivity index (χ4v) is 2.36. The Kier molecular flexibility index (Phi) is 3.99. The number of benzene rings is 1. The van der Waals surface area contributed by atoms with E-state index in [0.717, 1.165) is 17.7 Å². The molecule has 1 heterocycles. The van der Waals surface area contributed by atoms with Gasteiger partial charge in [0, 0.05) is 18.3 Å². The van der Waals surface area contributed by atoms with Gasteiger partial charge in [-0.15, -0.1) is 0 Å². The Morgan fingerprint density at radius 1 is 1.44 bits per heavy atom. The van der Waals surface area contributed by atoms with Gasteiger partial charge in [0.25, 0.3) is 0 Å². The summed E-state index contributed by atoms with van der Waals surface area (Å²) in [6, 6.07) is 7.59. The first-order valence-electron chi connectivity index (χ1n) is 6.37. The van der Waals surface area contributed by atoms with E-state index in [9.17, 15) is 9.90 Å². The Balaban J connectivity index is 2.31. The molecule has 0 bridgehead atoms. The van der Waals surface area contributed by atoms with E-state index in [1.807, 2.05) is 38.1 Å². The molecule has 1 aliphatic heterocycles. The third-order valence-corrected chi connectivity index (χ3v) is 3.42. The van der Waals surface area contributed by atoms with E-state index in [-0.39, 0.29) is 18.6 Å². The SMILES string of the molecule is Cc1ccccc1N1CCC(C)NC(CO)C1=O. The highest BCUT2D eigenvalue weighted by Gasteiger charge is 2.30. The van der Waals surface area contributed by atoms with Gasteiger partial charge >= 0.3 is 0 Å². The van der Waals surface area contributed by atoms with E-state index in [1.54, 1.807) is 4.90 Å². The van der Waals surface area contributed by atoms with Crippen molar-refractivity contribution in [1.29, 1.82) is 0 Å². The first-order chi connectivity index (χ1) is 8.63. The molecule has 0 saturated carbocycles. The van der Waals surface area contributed by atoms with Gasteiger partial charge in [0.2, 0.25) is 5.91 Å². The van der Waals surface area contributed by atoms with Gasteiger partial charge in [0.15, 0.2) is 0 Å². The maximum Gasteiger partial charge on any atom is 0.246 e. The van der Waals surface area contributed by atoms with Crippen LogP contribution in [0.1, 0.15) is 18.9 Å². The minimum absolute atomic E-state index is 0.0452. The summed E-state index contributed by atoms with van der Waals surface area (Å²) in [5.74, 6) is -0.0452. The Labute approximate surface area is 108 Å². The summed E-state index contributed by atoms with van der Waals surface area (Å²) in [6.07, 6.45) is 0.885. The van der Waals surface area contributed by atoms with Gasteiger partial charge in [-0.25, -0.2) is 0 Å². The van der Waals surface area contributed by atoms with E-state index in [1.165, 1.54) is 0 Å². The number of nitrogens with one attached hydrogen (secondary N) is 1. The van der Waals surface area contributed by atoms with Crippen LogP contribution in [-0.4, -0.2) is 36.2 Å². The van der Waals surface area contributed by atoms with Crippen molar-refractivity contribution >= 4 is 11.6 Å². The van der Waals surface area contributed by atoms with E-state index in [0.29, 0.717) is 6.54 Å². The van der Waals surface area contributed by atoms with E-state index >= 15 is 0 Å². The second-order valence-corrected chi connectivity index (χ2v) is 4.87. The maximum atomic E-state index is 12.4. The number of para-hydroxylation sites is 1. The van der Waals surface area contributed by atoms with Crippen LogP contribution >= 0.6 is 0 Å². The van der Waals surface area contributed by atoms with Crippen molar-refractivity contribution in [3.8, 4) is 0 Å². The minimum Gasteiger partial charge on any atom is -0.394 e. The van der Waals surface area contributed by atoms with E-state index < -0.39 is 6.04 Å². The lowest BCUT2D eigenvalue weighted by atomic mass is 10.1. The highest BCUT2D eigenvalue weighted by molar-refractivity contribution is 5.98.